The zero-order chi connectivity index (χ0) is 13.5. The fourth-order valence-corrected chi connectivity index (χ4v) is 3.35. The van der Waals surface area contributed by atoms with Gasteiger partial charge in [0.2, 0.25) is 0 Å². The Morgan fingerprint density at radius 3 is 2.79 bits per heavy atom. The lowest BCUT2D eigenvalue weighted by Gasteiger charge is -2.38. The second-order valence-corrected chi connectivity index (χ2v) is 6.98. The van der Waals surface area contributed by atoms with Gasteiger partial charge in [0.15, 0.2) is 0 Å². The normalized spacial score (nSPS) is 27.4. The highest BCUT2D eigenvalue weighted by molar-refractivity contribution is 5.43. The van der Waals surface area contributed by atoms with Gasteiger partial charge in [-0.25, -0.2) is 4.98 Å². The Kier molecular flexibility index (Phi) is 3.25. The molecule has 1 aromatic heterocycles. The molecule has 2 saturated heterocycles. The van der Waals surface area contributed by atoms with E-state index >= 15 is 0 Å². The number of fused-ring (bicyclic) bond motifs is 1. The summed E-state index contributed by atoms with van der Waals surface area (Å²) in [6, 6.07) is 5.11. The number of rotatable bonds is 1. The quantitative estimate of drug-likeness (QED) is 0.840. The van der Waals surface area contributed by atoms with Crippen LogP contribution in [0.1, 0.15) is 39.2 Å². The molecule has 2 aliphatic rings. The highest BCUT2D eigenvalue weighted by atomic mass is 15.3. The second kappa shape index (κ2) is 4.78. The van der Waals surface area contributed by atoms with Crippen molar-refractivity contribution in [3.05, 3.63) is 23.9 Å². The largest absolute Gasteiger partial charge is 0.352 e. The first-order chi connectivity index (χ1) is 9.05. The minimum absolute atomic E-state index is 0.185. The van der Waals surface area contributed by atoms with Crippen LogP contribution in [0, 0.1) is 5.92 Å². The van der Waals surface area contributed by atoms with E-state index in [1.807, 2.05) is 0 Å². The van der Waals surface area contributed by atoms with Crippen molar-refractivity contribution in [1.82, 2.24) is 10.3 Å². The molecule has 2 aliphatic heterocycles. The molecule has 0 radical (unpaired) electrons. The first-order valence-corrected chi connectivity index (χ1v) is 7.49. The van der Waals surface area contributed by atoms with Crippen molar-refractivity contribution in [1.29, 1.82) is 0 Å². The summed E-state index contributed by atoms with van der Waals surface area (Å²) < 4.78 is 0. The van der Waals surface area contributed by atoms with Crippen LogP contribution in [0.3, 0.4) is 0 Å². The van der Waals surface area contributed by atoms with Crippen molar-refractivity contribution >= 4 is 5.82 Å². The molecule has 1 N–H and O–H groups in total. The van der Waals surface area contributed by atoms with Crippen molar-refractivity contribution < 1.29 is 0 Å². The molecule has 0 amide bonds. The summed E-state index contributed by atoms with van der Waals surface area (Å²) in [5, 5.41) is 3.53. The number of hydrogen-bond acceptors (Lipinski definition) is 3. The zero-order valence-corrected chi connectivity index (χ0v) is 12.3. The topological polar surface area (TPSA) is 28.2 Å². The van der Waals surface area contributed by atoms with Crippen LogP contribution in [-0.2, 0) is 5.41 Å². The van der Waals surface area contributed by atoms with E-state index in [9.17, 15) is 0 Å². The summed E-state index contributed by atoms with van der Waals surface area (Å²) in [5.74, 6) is 1.98. The fraction of sp³-hybridized carbons (Fsp3) is 0.688. The molecule has 3 nitrogen and oxygen atoms in total. The molecule has 2 unspecified atom stereocenters. The lowest BCUT2D eigenvalue weighted by atomic mass is 9.88. The number of nitrogens with zero attached hydrogens (tertiary/aromatic N) is 2. The van der Waals surface area contributed by atoms with E-state index in [4.69, 9.17) is 4.98 Å². The average molecular weight is 259 g/mol. The van der Waals surface area contributed by atoms with Crippen LogP contribution in [0.4, 0.5) is 5.82 Å². The van der Waals surface area contributed by atoms with E-state index in [0.717, 1.165) is 24.8 Å². The van der Waals surface area contributed by atoms with Gasteiger partial charge in [0.1, 0.15) is 5.82 Å². The summed E-state index contributed by atoms with van der Waals surface area (Å²) in [5.41, 5.74) is 1.50. The minimum Gasteiger partial charge on any atom is -0.352 e. The van der Waals surface area contributed by atoms with Gasteiger partial charge in [0, 0.05) is 31.9 Å². The third-order valence-corrected chi connectivity index (χ3v) is 4.59. The smallest absolute Gasteiger partial charge is 0.128 e. The van der Waals surface area contributed by atoms with E-state index in [1.54, 1.807) is 0 Å². The third-order valence-electron chi connectivity index (χ3n) is 4.59. The number of hydrogen-bond donors (Lipinski definition) is 1. The lowest BCUT2D eigenvalue weighted by Crippen LogP contribution is -2.45. The summed E-state index contributed by atoms with van der Waals surface area (Å²) in [6.07, 6.45) is 4.72. The maximum Gasteiger partial charge on any atom is 0.128 e. The Morgan fingerprint density at radius 1 is 1.26 bits per heavy atom. The predicted molar refractivity (Wildman–Crippen MR) is 79.7 cm³/mol. The molecule has 3 heterocycles. The molecule has 2 fully saturated rings. The van der Waals surface area contributed by atoms with Gasteiger partial charge in [0.25, 0.3) is 0 Å². The van der Waals surface area contributed by atoms with Crippen LogP contribution in [0.5, 0.6) is 0 Å². The summed E-state index contributed by atoms with van der Waals surface area (Å²) in [6.45, 7) is 10.2. The van der Waals surface area contributed by atoms with Gasteiger partial charge in [-0.2, -0.15) is 0 Å². The molecule has 104 valence electrons. The Hall–Kier alpha value is -1.09. The summed E-state index contributed by atoms with van der Waals surface area (Å²) >= 11 is 0. The molecule has 19 heavy (non-hydrogen) atoms. The Morgan fingerprint density at radius 2 is 2.11 bits per heavy atom. The SMILES string of the molecule is CC(C)(C)c1ccc(N2CCCC3CNCC32)nc1. The van der Waals surface area contributed by atoms with Crippen molar-refractivity contribution in [3.8, 4) is 0 Å². The highest BCUT2D eigenvalue weighted by Crippen LogP contribution is 2.30. The van der Waals surface area contributed by atoms with Crippen LogP contribution >= 0.6 is 0 Å². The lowest BCUT2D eigenvalue weighted by molar-refractivity contribution is 0.383. The number of pyridine rings is 1. The minimum atomic E-state index is 0.185. The summed E-state index contributed by atoms with van der Waals surface area (Å²) in [7, 11) is 0. The van der Waals surface area contributed by atoms with Gasteiger partial charge in [0.05, 0.1) is 0 Å². The maximum atomic E-state index is 4.73. The molecular formula is C16H25N3. The predicted octanol–water partition coefficient (Wildman–Crippen LogP) is 2.57. The van der Waals surface area contributed by atoms with E-state index in [0.29, 0.717) is 6.04 Å². The molecule has 0 aromatic carbocycles. The molecule has 1 aromatic rings. The molecule has 0 saturated carbocycles. The van der Waals surface area contributed by atoms with Crippen molar-refractivity contribution in [2.24, 2.45) is 5.92 Å². The van der Waals surface area contributed by atoms with Gasteiger partial charge in [-0.15, -0.1) is 0 Å². The van der Waals surface area contributed by atoms with Gasteiger partial charge < -0.3 is 10.2 Å². The first kappa shape index (κ1) is 12.9. The Bertz CT molecular complexity index is 432. The van der Waals surface area contributed by atoms with Crippen molar-refractivity contribution in [2.75, 3.05) is 24.5 Å². The highest BCUT2D eigenvalue weighted by Gasteiger charge is 2.35. The van der Waals surface area contributed by atoms with Crippen LogP contribution < -0.4 is 10.2 Å². The van der Waals surface area contributed by atoms with Crippen molar-refractivity contribution in [2.45, 2.75) is 45.1 Å². The molecule has 0 aliphatic carbocycles. The molecule has 0 bridgehead atoms. The molecule has 0 spiro atoms. The molecule has 3 rings (SSSR count). The fourth-order valence-electron chi connectivity index (χ4n) is 3.35. The van der Waals surface area contributed by atoms with Gasteiger partial charge in [-0.3, -0.25) is 0 Å². The van der Waals surface area contributed by atoms with Crippen LogP contribution in [-0.4, -0.2) is 30.7 Å². The van der Waals surface area contributed by atoms with E-state index in [2.05, 4.69) is 49.3 Å². The van der Waals surface area contributed by atoms with Gasteiger partial charge >= 0.3 is 0 Å². The van der Waals surface area contributed by atoms with Crippen LogP contribution in [0.2, 0.25) is 0 Å². The Balaban J connectivity index is 1.82. The second-order valence-electron chi connectivity index (χ2n) is 6.98. The summed E-state index contributed by atoms with van der Waals surface area (Å²) in [4.78, 5) is 7.24. The van der Waals surface area contributed by atoms with E-state index in [1.165, 1.54) is 24.9 Å². The zero-order valence-electron chi connectivity index (χ0n) is 12.3. The average Bonchev–Trinajstić information content (AvgIpc) is 2.86. The number of aromatic nitrogens is 1. The molecular weight excluding hydrogens is 234 g/mol. The number of piperidine rings is 1. The van der Waals surface area contributed by atoms with Crippen LogP contribution in [0.15, 0.2) is 18.3 Å². The number of nitrogens with one attached hydrogen (secondary N) is 1. The van der Waals surface area contributed by atoms with Gasteiger partial charge in [-0.1, -0.05) is 26.8 Å². The van der Waals surface area contributed by atoms with Crippen LogP contribution in [0.25, 0.3) is 0 Å². The van der Waals surface area contributed by atoms with Crippen molar-refractivity contribution in [3.63, 3.8) is 0 Å². The monoisotopic (exact) mass is 259 g/mol. The Labute approximate surface area is 116 Å². The van der Waals surface area contributed by atoms with E-state index < -0.39 is 0 Å². The third kappa shape index (κ3) is 2.48. The first-order valence-electron chi connectivity index (χ1n) is 7.49. The van der Waals surface area contributed by atoms with Gasteiger partial charge in [-0.05, 0) is 35.8 Å². The maximum absolute atomic E-state index is 4.73. The molecule has 3 heteroatoms. The molecule has 2 atom stereocenters. The number of anilines is 1. The standard InChI is InChI=1S/C16H25N3/c1-16(2,3)13-6-7-15(18-10-13)19-8-4-5-12-9-17-11-14(12)19/h6-7,10,12,14,17H,4-5,8-9,11H2,1-3H3. The van der Waals surface area contributed by atoms with E-state index in [-0.39, 0.29) is 5.41 Å².